The van der Waals surface area contributed by atoms with Gasteiger partial charge in [0.1, 0.15) is 5.52 Å². The molecule has 3 heterocycles. The third-order valence-corrected chi connectivity index (χ3v) is 3.77. The van der Waals surface area contributed by atoms with Crippen LogP contribution < -0.4 is 5.43 Å². The molecule has 0 unspecified atom stereocenters. The molecule has 0 radical (unpaired) electrons. The number of aromatic nitrogens is 5. The van der Waals surface area contributed by atoms with Gasteiger partial charge in [0, 0.05) is 22.1 Å². The average Bonchev–Trinajstić information content (AvgIpc) is 2.97. The third kappa shape index (κ3) is 2.65. The molecular formula is C16H12ClN7. The van der Waals surface area contributed by atoms with E-state index in [1.807, 2.05) is 43.3 Å². The molecule has 0 aliphatic heterocycles. The van der Waals surface area contributed by atoms with Crippen LogP contribution in [0.1, 0.15) is 12.6 Å². The van der Waals surface area contributed by atoms with E-state index in [-0.39, 0.29) is 0 Å². The van der Waals surface area contributed by atoms with Gasteiger partial charge in [0.25, 0.3) is 5.95 Å². The lowest BCUT2D eigenvalue weighted by molar-refractivity contribution is 1.01. The topological polar surface area (TPSA) is 91.7 Å². The van der Waals surface area contributed by atoms with E-state index in [4.69, 9.17) is 11.6 Å². The van der Waals surface area contributed by atoms with E-state index in [0.717, 1.165) is 22.3 Å². The van der Waals surface area contributed by atoms with E-state index in [9.17, 15) is 0 Å². The van der Waals surface area contributed by atoms with Crippen molar-refractivity contribution in [1.29, 1.82) is 0 Å². The van der Waals surface area contributed by atoms with Gasteiger partial charge in [-0.3, -0.25) is 4.98 Å². The summed E-state index contributed by atoms with van der Waals surface area (Å²) in [5.41, 5.74) is 6.50. The first kappa shape index (κ1) is 14.5. The predicted molar refractivity (Wildman–Crippen MR) is 94.3 cm³/mol. The molecule has 4 rings (SSSR count). The number of hydrogen-bond donors (Lipinski definition) is 2. The molecule has 0 amide bonds. The fourth-order valence-electron chi connectivity index (χ4n) is 2.36. The molecule has 0 bridgehead atoms. The van der Waals surface area contributed by atoms with Crippen LogP contribution in [-0.4, -0.2) is 30.9 Å². The Balaban J connectivity index is 1.67. The van der Waals surface area contributed by atoms with Crippen LogP contribution >= 0.6 is 11.6 Å². The predicted octanol–water partition coefficient (Wildman–Crippen LogP) is 3.39. The minimum absolute atomic E-state index is 0.301. The zero-order valence-corrected chi connectivity index (χ0v) is 13.4. The Kier molecular flexibility index (Phi) is 3.55. The summed E-state index contributed by atoms with van der Waals surface area (Å²) >= 11 is 6.03. The van der Waals surface area contributed by atoms with Gasteiger partial charge >= 0.3 is 0 Å². The highest BCUT2D eigenvalue weighted by Crippen LogP contribution is 2.25. The van der Waals surface area contributed by atoms with Crippen LogP contribution in [-0.2, 0) is 0 Å². The lowest BCUT2D eigenvalue weighted by atomic mass is 10.2. The van der Waals surface area contributed by atoms with Crippen molar-refractivity contribution in [3.63, 3.8) is 0 Å². The average molecular weight is 338 g/mol. The summed E-state index contributed by atoms with van der Waals surface area (Å²) in [6.07, 6.45) is 1.72. The minimum atomic E-state index is 0.301. The first-order chi connectivity index (χ1) is 11.7. The molecule has 1 aromatic carbocycles. The highest BCUT2D eigenvalue weighted by Gasteiger charge is 2.09. The second kappa shape index (κ2) is 5.86. The highest BCUT2D eigenvalue weighted by atomic mass is 35.5. The maximum atomic E-state index is 6.03. The van der Waals surface area contributed by atoms with Crippen LogP contribution in [0.4, 0.5) is 5.95 Å². The molecule has 4 aromatic rings. The summed E-state index contributed by atoms with van der Waals surface area (Å²) in [4.78, 5) is 11.8. The Morgan fingerprint density at radius 3 is 2.96 bits per heavy atom. The SMILES string of the molecule is C/C(=N\Nc1nnc2c(n1)[nH]c1ccc(Cl)cc12)c1ccccn1. The number of hydrogen-bond acceptors (Lipinski definition) is 6. The molecule has 0 fully saturated rings. The van der Waals surface area contributed by atoms with E-state index in [2.05, 4.69) is 35.7 Å². The molecule has 8 heteroatoms. The second-order valence-corrected chi connectivity index (χ2v) is 5.61. The van der Waals surface area contributed by atoms with E-state index >= 15 is 0 Å². The summed E-state index contributed by atoms with van der Waals surface area (Å²) in [6, 6.07) is 11.2. The van der Waals surface area contributed by atoms with Gasteiger partial charge < -0.3 is 4.98 Å². The lowest BCUT2D eigenvalue weighted by Crippen LogP contribution is -2.04. The summed E-state index contributed by atoms with van der Waals surface area (Å²) < 4.78 is 0. The molecule has 24 heavy (non-hydrogen) atoms. The van der Waals surface area contributed by atoms with Gasteiger partial charge in [-0.2, -0.15) is 10.1 Å². The summed E-state index contributed by atoms with van der Waals surface area (Å²) in [6.45, 7) is 1.85. The van der Waals surface area contributed by atoms with Crippen molar-refractivity contribution in [3.05, 3.63) is 53.3 Å². The van der Waals surface area contributed by atoms with Crippen LogP contribution in [0.5, 0.6) is 0 Å². The van der Waals surface area contributed by atoms with Crippen LogP contribution in [0.3, 0.4) is 0 Å². The Morgan fingerprint density at radius 2 is 2.12 bits per heavy atom. The van der Waals surface area contributed by atoms with Crippen molar-refractivity contribution < 1.29 is 0 Å². The zero-order valence-electron chi connectivity index (χ0n) is 12.7. The first-order valence-corrected chi connectivity index (χ1v) is 7.62. The highest BCUT2D eigenvalue weighted by molar-refractivity contribution is 6.31. The molecule has 0 atom stereocenters. The van der Waals surface area contributed by atoms with Gasteiger partial charge in [-0.25, -0.2) is 5.43 Å². The molecule has 118 valence electrons. The fourth-order valence-corrected chi connectivity index (χ4v) is 2.53. The standard InChI is InChI=1S/C16H12ClN7/c1-9(12-4-2-3-7-18-12)21-23-16-20-15-14(22-24-16)11-8-10(17)5-6-13(11)19-15/h2-8H,1H3,(H2,19,20,23,24)/b21-9+. The molecular weight excluding hydrogens is 326 g/mol. The maximum absolute atomic E-state index is 6.03. The Labute approximate surface area is 141 Å². The normalized spacial score (nSPS) is 12.0. The quantitative estimate of drug-likeness (QED) is 0.441. The van der Waals surface area contributed by atoms with Crippen LogP contribution in [0.2, 0.25) is 5.02 Å². The van der Waals surface area contributed by atoms with Gasteiger partial charge in [-0.1, -0.05) is 17.7 Å². The van der Waals surface area contributed by atoms with Gasteiger partial charge in [0.2, 0.25) is 0 Å². The molecule has 0 saturated carbocycles. The molecule has 2 N–H and O–H groups in total. The van der Waals surface area contributed by atoms with Crippen LogP contribution in [0.15, 0.2) is 47.7 Å². The monoisotopic (exact) mass is 337 g/mol. The van der Waals surface area contributed by atoms with E-state index in [1.165, 1.54) is 0 Å². The number of pyridine rings is 1. The number of fused-ring (bicyclic) bond motifs is 3. The largest absolute Gasteiger partial charge is 0.338 e. The Bertz CT molecular complexity index is 1060. The molecule has 0 saturated heterocycles. The number of benzene rings is 1. The fraction of sp³-hybridized carbons (Fsp3) is 0.0625. The summed E-state index contributed by atoms with van der Waals surface area (Å²) in [5, 5.41) is 14.0. The zero-order chi connectivity index (χ0) is 16.5. The first-order valence-electron chi connectivity index (χ1n) is 7.24. The van der Waals surface area contributed by atoms with Crippen molar-refractivity contribution in [1.82, 2.24) is 25.1 Å². The number of aromatic amines is 1. The number of nitrogens with zero attached hydrogens (tertiary/aromatic N) is 5. The number of H-pyrrole nitrogens is 1. The van der Waals surface area contributed by atoms with E-state index in [1.54, 1.807) is 6.20 Å². The third-order valence-electron chi connectivity index (χ3n) is 3.54. The van der Waals surface area contributed by atoms with Crippen LogP contribution in [0, 0.1) is 0 Å². The number of hydrazone groups is 1. The molecule has 0 aliphatic carbocycles. The van der Waals surface area contributed by atoms with Crippen molar-refractivity contribution in [3.8, 4) is 0 Å². The van der Waals surface area contributed by atoms with Crippen molar-refractivity contribution >= 4 is 45.3 Å². The van der Waals surface area contributed by atoms with Crippen molar-refractivity contribution in [2.24, 2.45) is 5.10 Å². The van der Waals surface area contributed by atoms with Crippen LogP contribution in [0.25, 0.3) is 22.1 Å². The van der Waals surface area contributed by atoms with Gasteiger partial charge in [0.05, 0.1) is 11.4 Å². The maximum Gasteiger partial charge on any atom is 0.265 e. The summed E-state index contributed by atoms with van der Waals surface area (Å²) in [7, 11) is 0. The number of rotatable bonds is 3. The Morgan fingerprint density at radius 1 is 1.21 bits per heavy atom. The van der Waals surface area contributed by atoms with Crippen molar-refractivity contribution in [2.45, 2.75) is 6.92 Å². The lowest BCUT2D eigenvalue weighted by Gasteiger charge is -2.01. The number of nitrogens with one attached hydrogen (secondary N) is 2. The molecule has 7 nitrogen and oxygen atoms in total. The van der Waals surface area contributed by atoms with E-state index < -0.39 is 0 Å². The molecule has 0 aliphatic rings. The minimum Gasteiger partial charge on any atom is -0.338 e. The van der Waals surface area contributed by atoms with Gasteiger partial charge in [0.15, 0.2) is 5.65 Å². The van der Waals surface area contributed by atoms with Gasteiger partial charge in [-0.05, 0) is 37.3 Å². The molecule has 0 spiro atoms. The van der Waals surface area contributed by atoms with Gasteiger partial charge in [-0.15, -0.1) is 10.2 Å². The smallest absolute Gasteiger partial charge is 0.265 e. The number of halogens is 1. The van der Waals surface area contributed by atoms with E-state index in [0.29, 0.717) is 22.1 Å². The Hall–Kier alpha value is -3.06. The van der Waals surface area contributed by atoms with Crippen molar-refractivity contribution in [2.75, 3.05) is 5.43 Å². The summed E-state index contributed by atoms with van der Waals surface area (Å²) in [5.74, 6) is 0.301. The number of anilines is 1. The molecule has 3 aromatic heterocycles. The second-order valence-electron chi connectivity index (χ2n) is 5.17.